The first-order valence-electron chi connectivity index (χ1n) is 20.4. The van der Waals surface area contributed by atoms with Crippen molar-refractivity contribution in [3.05, 3.63) is 36.5 Å². The van der Waals surface area contributed by atoms with Crippen LogP contribution in [-0.4, -0.2) is 91.9 Å². The molecule has 304 valence electrons. The molecule has 0 amide bonds. The first kappa shape index (κ1) is 45.5. The van der Waals surface area contributed by atoms with Crippen molar-refractivity contribution in [3.63, 3.8) is 0 Å². The van der Waals surface area contributed by atoms with Crippen LogP contribution < -0.4 is 0 Å². The Morgan fingerprint density at radius 2 is 1.49 bits per heavy atom. The van der Waals surface area contributed by atoms with Crippen molar-refractivity contribution in [1.29, 1.82) is 0 Å². The van der Waals surface area contributed by atoms with E-state index >= 15 is 0 Å². The second kappa shape index (κ2) is 20.8. The van der Waals surface area contributed by atoms with Gasteiger partial charge in [-0.2, -0.15) is 0 Å². The first-order chi connectivity index (χ1) is 24.9. The quantitative estimate of drug-likeness (QED) is 0.214. The number of carbonyl (C=O) groups is 2. The monoisotopic (exact) mass is 749 g/mol. The number of aliphatic hydroxyl groups is 5. The van der Waals surface area contributed by atoms with Crippen LogP contribution in [0.15, 0.2) is 36.5 Å². The van der Waals surface area contributed by atoms with Crippen LogP contribution in [0.5, 0.6) is 0 Å². The lowest BCUT2D eigenvalue weighted by Gasteiger charge is -2.55. The number of carbonyl (C=O) groups excluding carboxylic acids is 2. The van der Waals surface area contributed by atoms with E-state index in [1.165, 1.54) is 6.08 Å². The van der Waals surface area contributed by atoms with Crippen LogP contribution in [0.4, 0.5) is 0 Å². The number of aliphatic hydroxyl groups excluding tert-OH is 5. The summed E-state index contributed by atoms with van der Waals surface area (Å²) in [6.45, 7) is 17.1. The predicted molar refractivity (Wildman–Crippen MR) is 205 cm³/mol. The first-order valence-corrected chi connectivity index (χ1v) is 20.4. The number of esters is 1. The molecule has 17 unspecified atom stereocenters. The van der Waals surface area contributed by atoms with Gasteiger partial charge < -0.3 is 39.7 Å². The summed E-state index contributed by atoms with van der Waals surface area (Å²) >= 11 is 0. The largest absolute Gasteiger partial charge is 0.458 e. The third kappa shape index (κ3) is 12.5. The van der Waals surface area contributed by atoms with E-state index < -0.39 is 66.1 Å². The Hall–Kier alpha value is -1.92. The molecule has 0 aliphatic carbocycles. The van der Waals surface area contributed by atoms with E-state index in [4.69, 9.17) is 14.2 Å². The van der Waals surface area contributed by atoms with E-state index in [1.54, 1.807) is 33.8 Å². The molecule has 3 rings (SSSR count). The summed E-state index contributed by atoms with van der Waals surface area (Å²) < 4.78 is 20.0. The van der Waals surface area contributed by atoms with Gasteiger partial charge in [0, 0.05) is 54.9 Å². The molecule has 5 N–H and O–H groups in total. The van der Waals surface area contributed by atoms with Gasteiger partial charge in [-0.3, -0.25) is 4.79 Å². The fraction of sp³-hybridized carbons (Fsp3) is 0.814. The number of Topliss-reactive ketones (excluding diaryl/α,β-unsaturated/α-hetero) is 1. The summed E-state index contributed by atoms with van der Waals surface area (Å²) in [4.78, 5) is 26.2. The zero-order chi connectivity index (χ0) is 39.6. The van der Waals surface area contributed by atoms with Crippen molar-refractivity contribution in [2.75, 3.05) is 0 Å². The minimum atomic E-state index is -1.15. The van der Waals surface area contributed by atoms with Crippen molar-refractivity contribution >= 4 is 11.8 Å². The Labute approximate surface area is 319 Å². The van der Waals surface area contributed by atoms with Crippen LogP contribution in [0.2, 0.25) is 0 Å². The Morgan fingerprint density at radius 3 is 2.15 bits per heavy atom. The Kier molecular flexibility index (Phi) is 17.9. The number of ketones is 1. The number of fused-ring (bicyclic) bond motifs is 2. The summed E-state index contributed by atoms with van der Waals surface area (Å²) in [5, 5.41) is 54.1. The van der Waals surface area contributed by atoms with Gasteiger partial charge in [-0.25, -0.2) is 4.79 Å². The summed E-state index contributed by atoms with van der Waals surface area (Å²) in [5.41, 5.74) is 0. The molecule has 2 fully saturated rings. The van der Waals surface area contributed by atoms with E-state index in [0.29, 0.717) is 19.3 Å². The summed E-state index contributed by atoms with van der Waals surface area (Å²) in [6, 6.07) is 0. The zero-order valence-corrected chi connectivity index (χ0v) is 33.8. The third-order valence-corrected chi connectivity index (χ3v) is 12.7. The number of rotatable bonds is 3. The molecular formula is C43H72O10. The van der Waals surface area contributed by atoms with Gasteiger partial charge in [0.25, 0.3) is 0 Å². The molecule has 2 bridgehead atoms. The second-order valence-electron chi connectivity index (χ2n) is 17.0. The Balaban J connectivity index is 1.93. The van der Waals surface area contributed by atoms with Gasteiger partial charge in [-0.15, -0.1) is 0 Å². The lowest BCUT2D eigenvalue weighted by atomic mass is 9.74. The number of hydrogen-bond donors (Lipinski definition) is 5. The standard InChI is InChI=1S/C43H72O10/c1-10-33-15-13-11-12-14-25(2)35(46)23-34(45)24-36(47)29(6)41(50)31(8)40(49)27(4)16-19-39(48)51-42-30(7)37(18-17-33)52-43(32(42)9)21-20-26(3)38(53-43)22-28(5)44/h11-13,15-16,19,25-33,35-38,40-42,44,46-47,49-50H,10,14,17-18,20-24H2,1-9H3/b12-11+,15-13+,19-16+. The van der Waals surface area contributed by atoms with Crippen LogP contribution in [0, 0.1) is 47.3 Å². The van der Waals surface area contributed by atoms with Gasteiger partial charge in [-0.1, -0.05) is 85.8 Å². The van der Waals surface area contributed by atoms with Gasteiger partial charge in [0.1, 0.15) is 11.9 Å². The van der Waals surface area contributed by atoms with Gasteiger partial charge in [0.15, 0.2) is 5.79 Å². The van der Waals surface area contributed by atoms with Crippen LogP contribution in [0.1, 0.15) is 120 Å². The van der Waals surface area contributed by atoms with E-state index in [9.17, 15) is 35.1 Å². The molecule has 0 radical (unpaired) electrons. The van der Waals surface area contributed by atoms with E-state index in [0.717, 1.165) is 25.7 Å². The highest BCUT2D eigenvalue weighted by Crippen LogP contribution is 2.49. The van der Waals surface area contributed by atoms with Crippen LogP contribution >= 0.6 is 0 Å². The predicted octanol–water partition coefficient (Wildman–Crippen LogP) is 6.07. The fourth-order valence-corrected chi connectivity index (χ4v) is 8.41. The molecule has 10 nitrogen and oxygen atoms in total. The summed E-state index contributed by atoms with van der Waals surface area (Å²) in [7, 11) is 0. The highest BCUT2D eigenvalue weighted by molar-refractivity contribution is 5.82. The van der Waals surface area contributed by atoms with Crippen LogP contribution in [-0.2, 0) is 23.8 Å². The molecule has 17 atom stereocenters. The molecule has 53 heavy (non-hydrogen) atoms. The maximum Gasteiger partial charge on any atom is 0.330 e. The average molecular weight is 749 g/mol. The SMILES string of the molecule is CCC1/C=C/C=C/CC(C)C(O)CC(=O)CC(O)C(C)C(O)C(C)C(O)C(C)/C=C/C(=O)OC2C(C)C(CC1)OC1(CCC(C)C(CC(C)O)O1)C2C. The summed E-state index contributed by atoms with van der Waals surface area (Å²) in [6.07, 6.45) is 10.2. The van der Waals surface area contributed by atoms with Gasteiger partial charge in [0.2, 0.25) is 0 Å². The minimum absolute atomic E-state index is 0.0907. The second-order valence-corrected chi connectivity index (χ2v) is 17.0. The maximum atomic E-state index is 13.5. The van der Waals surface area contributed by atoms with Crippen molar-refractivity contribution in [2.24, 2.45) is 47.3 Å². The van der Waals surface area contributed by atoms with Gasteiger partial charge in [-0.05, 0) is 63.2 Å². The topological polar surface area (TPSA) is 163 Å². The van der Waals surface area contributed by atoms with E-state index in [2.05, 4.69) is 26.8 Å². The molecule has 1 spiro atoms. The van der Waals surface area contributed by atoms with Crippen molar-refractivity contribution in [3.8, 4) is 0 Å². The number of ether oxygens (including phenoxy) is 3. The van der Waals surface area contributed by atoms with Crippen LogP contribution in [0.3, 0.4) is 0 Å². The molecule has 3 aliphatic heterocycles. The maximum absolute atomic E-state index is 13.5. The lowest BCUT2D eigenvalue weighted by molar-refractivity contribution is -0.371. The normalized spacial score (nSPS) is 45.9. The van der Waals surface area contributed by atoms with Gasteiger partial charge >= 0.3 is 5.97 Å². The minimum Gasteiger partial charge on any atom is -0.458 e. The van der Waals surface area contributed by atoms with Crippen molar-refractivity contribution in [1.82, 2.24) is 0 Å². The average Bonchev–Trinajstić information content (AvgIpc) is 3.11. The van der Waals surface area contributed by atoms with Gasteiger partial charge in [0.05, 0.1) is 42.7 Å². The molecule has 3 aliphatic rings. The molecule has 0 aromatic rings. The smallest absolute Gasteiger partial charge is 0.330 e. The molecular weight excluding hydrogens is 676 g/mol. The molecule has 0 aromatic carbocycles. The Bertz CT molecular complexity index is 1230. The highest BCUT2D eigenvalue weighted by atomic mass is 16.7. The number of hydrogen-bond acceptors (Lipinski definition) is 10. The third-order valence-electron chi connectivity index (χ3n) is 12.7. The molecule has 10 heteroatoms. The van der Waals surface area contributed by atoms with Crippen molar-refractivity contribution in [2.45, 2.75) is 175 Å². The molecule has 3 heterocycles. The molecule has 2 saturated heterocycles. The summed E-state index contributed by atoms with van der Waals surface area (Å²) in [5.74, 6) is -3.78. The van der Waals surface area contributed by atoms with E-state index in [-0.39, 0.29) is 60.4 Å². The highest BCUT2D eigenvalue weighted by Gasteiger charge is 2.56. The lowest BCUT2D eigenvalue weighted by Crippen LogP contribution is -2.62. The molecule has 0 aromatic heterocycles. The number of allylic oxidation sites excluding steroid dienone is 4. The molecule has 0 saturated carbocycles. The van der Waals surface area contributed by atoms with Crippen molar-refractivity contribution < 1.29 is 49.3 Å². The van der Waals surface area contributed by atoms with E-state index in [1.807, 2.05) is 32.1 Å². The fourth-order valence-electron chi connectivity index (χ4n) is 8.41. The van der Waals surface area contributed by atoms with Crippen LogP contribution in [0.25, 0.3) is 0 Å². The zero-order valence-electron chi connectivity index (χ0n) is 33.8. The Morgan fingerprint density at radius 1 is 0.811 bits per heavy atom.